The highest BCUT2D eigenvalue weighted by molar-refractivity contribution is 7.09. The summed E-state index contributed by atoms with van der Waals surface area (Å²) >= 11 is 1.46. The lowest BCUT2D eigenvalue weighted by molar-refractivity contribution is 0.0891. The van der Waals surface area contributed by atoms with Crippen LogP contribution in [-0.4, -0.2) is 41.0 Å². The van der Waals surface area contributed by atoms with E-state index in [2.05, 4.69) is 15.2 Å². The Hall–Kier alpha value is -0.980. The lowest BCUT2D eigenvalue weighted by Gasteiger charge is -2.35. The molecule has 2 aliphatic heterocycles. The Morgan fingerprint density at radius 3 is 3.15 bits per heavy atom. The lowest BCUT2D eigenvalue weighted by atomic mass is 9.97. The SMILES string of the molecule is CC(N)c1nc(C(=O)NC2CCN3CCCC3C2)cs1. The van der Waals surface area contributed by atoms with Crippen LogP contribution in [0.1, 0.15) is 54.1 Å². The van der Waals surface area contributed by atoms with Crippen molar-refractivity contribution in [2.75, 3.05) is 13.1 Å². The summed E-state index contributed by atoms with van der Waals surface area (Å²) in [4.78, 5) is 19.1. The number of amides is 1. The average Bonchev–Trinajstić information content (AvgIpc) is 3.07. The van der Waals surface area contributed by atoms with E-state index in [0.717, 1.165) is 24.4 Å². The zero-order valence-electron chi connectivity index (χ0n) is 11.8. The molecule has 3 N–H and O–H groups in total. The third kappa shape index (κ3) is 2.87. The van der Waals surface area contributed by atoms with Crippen LogP contribution in [-0.2, 0) is 0 Å². The minimum atomic E-state index is -0.108. The van der Waals surface area contributed by atoms with Crippen LogP contribution in [0.3, 0.4) is 0 Å². The molecule has 3 atom stereocenters. The number of hydrogen-bond acceptors (Lipinski definition) is 5. The van der Waals surface area contributed by atoms with Crippen molar-refractivity contribution in [1.29, 1.82) is 0 Å². The van der Waals surface area contributed by atoms with Crippen LogP contribution in [0.25, 0.3) is 0 Å². The molecule has 2 fully saturated rings. The largest absolute Gasteiger partial charge is 0.348 e. The van der Waals surface area contributed by atoms with Gasteiger partial charge >= 0.3 is 0 Å². The summed E-state index contributed by atoms with van der Waals surface area (Å²) in [7, 11) is 0. The van der Waals surface area contributed by atoms with Crippen LogP contribution < -0.4 is 11.1 Å². The monoisotopic (exact) mass is 294 g/mol. The Bertz CT molecular complexity index is 487. The van der Waals surface area contributed by atoms with Crippen molar-refractivity contribution >= 4 is 17.2 Å². The molecule has 1 aromatic heterocycles. The predicted octanol–water partition coefficient (Wildman–Crippen LogP) is 1.52. The van der Waals surface area contributed by atoms with Gasteiger partial charge in [-0.1, -0.05) is 0 Å². The van der Waals surface area contributed by atoms with Crippen molar-refractivity contribution in [2.24, 2.45) is 5.73 Å². The molecule has 0 aliphatic carbocycles. The third-order valence-electron chi connectivity index (χ3n) is 4.30. The number of nitrogens with zero attached hydrogens (tertiary/aromatic N) is 2. The molecule has 2 aliphatic rings. The van der Waals surface area contributed by atoms with Gasteiger partial charge in [0.2, 0.25) is 0 Å². The summed E-state index contributed by atoms with van der Waals surface area (Å²) in [6.45, 7) is 4.23. The topological polar surface area (TPSA) is 71.2 Å². The van der Waals surface area contributed by atoms with Gasteiger partial charge in [-0.15, -0.1) is 11.3 Å². The highest BCUT2D eigenvalue weighted by Crippen LogP contribution is 2.27. The first kappa shape index (κ1) is 14.0. The Morgan fingerprint density at radius 1 is 1.55 bits per heavy atom. The number of nitrogens with two attached hydrogens (primary N) is 1. The summed E-state index contributed by atoms with van der Waals surface area (Å²) in [6.07, 6.45) is 4.70. The van der Waals surface area contributed by atoms with Crippen LogP contribution in [0, 0.1) is 0 Å². The van der Waals surface area contributed by atoms with E-state index in [-0.39, 0.29) is 11.9 Å². The molecular weight excluding hydrogens is 272 g/mol. The zero-order chi connectivity index (χ0) is 14.1. The normalized spacial score (nSPS) is 28.1. The van der Waals surface area contributed by atoms with Crippen molar-refractivity contribution in [3.63, 3.8) is 0 Å². The number of nitrogens with one attached hydrogen (secondary N) is 1. The zero-order valence-corrected chi connectivity index (χ0v) is 12.7. The molecule has 2 saturated heterocycles. The molecule has 0 saturated carbocycles. The predicted molar refractivity (Wildman–Crippen MR) is 79.8 cm³/mol. The minimum absolute atomic E-state index is 0.0513. The Balaban J connectivity index is 1.58. The van der Waals surface area contributed by atoms with Crippen molar-refractivity contribution in [3.05, 3.63) is 16.1 Å². The number of fused-ring (bicyclic) bond motifs is 1. The quantitative estimate of drug-likeness (QED) is 0.886. The number of piperidine rings is 1. The molecule has 0 spiro atoms. The molecule has 3 rings (SSSR count). The molecule has 20 heavy (non-hydrogen) atoms. The van der Waals surface area contributed by atoms with Crippen LogP contribution in [0.2, 0.25) is 0 Å². The number of rotatable bonds is 3. The molecule has 6 heteroatoms. The van der Waals surface area contributed by atoms with E-state index >= 15 is 0 Å². The fraction of sp³-hybridized carbons (Fsp3) is 0.714. The standard InChI is InChI=1S/C14H22N4OS/c1-9(15)14-17-12(8-20-14)13(19)16-10-4-6-18-5-2-3-11(18)7-10/h8-11H,2-7,15H2,1H3,(H,16,19). The Kier molecular flexibility index (Phi) is 4.05. The van der Waals surface area contributed by atoms with E-state index in [1.165, 1.54) is 30.7 Å². The van der Waals surface area contributed by atoms with Crippen molar-refractivity contribution in [2.45, 2.75) is 50.7 Å². The molecule has 1 amide bonds. The summed E-state index contributed by atoms with van der Waals surface area (Å²) in [5.74, 6) is -0.0513. The van der Waals surface area contributed by atoms with E-state index < -0.39 is 0 Å². The van der Waals surface area contributed by atoms with Gasteiger partial charge in [0, 0.05) is 24.0 Å². The maximum atomic E-state index is 12.2. The second-order valence-electron chi connectivity index (χ2n) is 5.89. The van der Waals surface area contributed by atoms with Gasteiger partial charge in [-0.05, 0) is 39.2 Å². The number of carbonyl (C=O) groups excluding carboxylic acids is 1. The van der Waals surface area contributed by atoms with Crippen LogP contribution in [0.5, 0.6) is 0 Å². The van der Waals surface area contributed by atoms with Gasteiger partial charge in [-0.2, -0.15) is 0 Å². The summed E-state index contributed by atoms with van der Waals surface area (Å²) < 4.78 is 0. The Labute approximate surface area is 123 Å². The second-order valence-corrected chi connectivity index (χ2v) is 6.78. The smallest absolute Gasteiger partial charge is 0.270 e. The van der Waals surface area contributed by atoms with Gasteiger partial charge in [0.25, 0.3) is 5.91 Å². The van der Waals surface area contributed by atoms with E-state index in [1.54, 1.807) is 5.38 Å². The molecule has 1 aromatic rings. The molecule has 0 bridgehead atoms. The lowest BCUT2D eigenvalue weighted by Crippen LogP contribution is -2.47. The van der Waals surface area contributed by atoms with Crippen LogP contribution >= 0.6 is 11.3 Å². The molecule has 0 radical (unpaired) electrons. The maximum Gasteiger partial charge on any atom is 0.270 e. The fourth-order valence-electron chi connectivity index (χ4n) is 3.22. The molecule has 5 nitrogen and oxygen atoms in total. The summed E-state index contributed by atoms with van der Waals surface area (Å²) in [5, 5.41) is 5.76. The van der Waals surface area contributed by atoms with Crippen molar-refractivity contribution in [1.82, 2.24) is 15.2 Å². The van der Waals surface area contributed by atoms with Gasteiger partial charge in [0.15, 0.2) is 0 Å². The number of thiazole rings is 1. The van der Waals surface area contributed by atoms with Crippen molar-refractivity contribution < 1.29 is 4.79 Å². The first-order valence-electron chi connectivity index (χ1n) is 7.39. The molecule has 3 unspecified atom stereocenters. The third-order valence-corrected chi connectivity index (χ3v) is 5.35. The summed E-state index contributed by atoms with van der Waals surface area (Å²) in [6, 6.07) is 0.856. The number of carbonyl (C=O) groups is 1. The van der Waals surface area contributed by atoms with Gasteiger partial charge in [-0.25, -0.2) is 4.98 Å². The first-order valence-corrected chi connectivity index (χ1v) is 8.27. The molecule has 0 aromatic carbocycles. The fourth-order valence-corrected chi connectivity index (χ4v) is 3.97. The minimum Gasteiger partial charge on any atom is -0.348 e. The van der Waals surface area contributed by atoms with E-state index in [9.17, 15) is 4.79 Å². The average molecular weight is 294 g/mol. The van der Waals surface area contributed by atoms with Gasteiger partial charge < -0.3 is 16.0 Å². The van der Waals surface area contributed by atoms with E-state index in [4.69, 9.17) is 5.73 Å². The maximum absolute atomic E-state index is 12.2. The van der Waals surface area contributed by atoms with Gasteiger partial charge in [0.1, 0.15) is 10.7 Å². The first-order chi connectivity index (χ1) is 9.63. The van der Waals surface area contributed by atoms with Gasteiger partial charge in [0.05, 0.1) is 6.04 Å². The van der Waals surface area contributed by atoms with Crippen LogP contribution in [0.15, 0.2) is 5.38 Å². The van der Waals surface area contributed by atoms with E-state index in [1.807, 2.05) is 6.92 Å². The highest BCUT2D eigenvalue weighted by atomic mass is 32.1. The van der Waals surface area contributed by atoms with Gasteiger partial charge in [-0.3, -0.25) is 4.79 Å². The molecule has 3 heterocycles. The second kappa shape index (κ2) is 5.79. The molecular formula is C14H22N4OS. The highest BCUT2D eigenvalue weighted by Gasteiger charge is 2.32. The van der Waals surface area contributed by atoms with Crippen LogP contribution in [0.4, 0.5) is 0 Å². The van der Waals surface area contributed by atoms with E-state index in [0.29, 0.717) is 17.8 Å². The Morgan fingerprint density at radius 2 is 2.40 bits per heavy atom. The van der Waals surface area contributed by atoms with Crippen molar-refractivity contribution in [3.8, 4) is 0 Å². The number of aromatic nitrogens is 1. The summed E-state index contributed by atoms with van der Waals surface area (Å²) in [5.41, 5.74) is 6.29. The number of hydrogen-bond donors (Lipinski definition) is 2. The molecule has 110 valence electrons.